The zero-order valence-corrected chi connectivity index (χ0v) is 33.4. The van der Waals surface area contributed by atoms with E-state index in [4.69, 9.17) is 20.0 Å². The lowest BCUT2D eigenvalue weighted by Gasteiger charge is -2.08. The number of hydrogen-bond acceptors (Lipinski definition) is 4. The summed E-state index contributed by atoms with van der Waals surface area (Å²) in [6.07, 6.45) is 7.79. The molecule has 8 aromatic carbocycles. The quantitative estimate of drug-likeness (QED) is 0.147. The van der Waals surface area contributed by atoms with E-state index in [0.29, 0.717) is 26.2 Å². The maximum absolute atomic E-state index is 4.76. The molecule has 4 nitrogen and oxygen atoms in total. The smallest absolute Gasteiger partial charge is 0.0639 e. The highest BCUT2D eigenvalue weighted by atomic mass is 14.7. The highest BCUT2D eigenvalue weighted by Crippen LogP contribution is 2.29. The van der Waals surface area contributed by atoms with E-state index < -0.39 is 0 Å². The second-order valence-electron chi connectivity index (χ2n) is 15.2. The fourth-order valence-electron chi connectivity index (χ4n) is 7.43. The van der Waals surface area contributed by atoms with Crippen LogP contribution in [0.2, 0.25) is 0 Å². The molecule has 0 saturated carbocycles. The minimum Gasteiger partial charge on any atom is -0.288 e. The average molecular weight is 773 g/mol. The topological polar surface area (TPSA) is 49.4 Å². The van der Waals surface area contributed by atoms with Crippen LogP contribution in [0.4, 0.5) is 0 Å². The maximum Gasteiger partial charge on any atom is 0.0639 e. The number of aliphatic imine (C=N–C) groups is 4. The van der Waals surface area contributed by atoms with Crippen molar-refractivity contribution in [3.63, 3.8) is 0 Å². The van der Waals surface area contributed by atoms with Crippen molar-refractivity contribution in [1.29, 1.82) is 0 Å². The average Bonchev–Trinajstić information content (AvgIpc) is 3.30. The van der Waals surface area contributed by atoms with Gasteiger partial charge in [0.1, 0.15) is 0 Å². The second-order valence-corrected chi connectivity index (χ2v) is 15.2. The molecule has 0 fully saturated rings. The Balaban J connectivity index is 0.954. The Labute approximate surface area is 352 Å². The fourth-order valence-corrected chi connectivity index (χ4v) is 7.43. The Morgan fingerprint density at radius 1 is 0.217 bits per heavy atom. The van der Waals surface area contributed by atoms with Crippen LogP contribution < -0.4 is 0 Å². The summed E-state index contributed by atoms with van der Waals surface area (Å²) < 4.78 is 0. The van der Waals surface area contributed by atoms with Crippen molar-refractivity contribution < 1.29 is 0 Å². The third-order valence-electron chi connectivity index (χ3n) is 10.8. The largest absolute Gasteiger partial charge is 0.288 e. The summed E-state index contributed by atoms with van der Waals surface area (Å²) in [5, 5.41) is 0. The molecule has 0 N–H and O–H groups in total. The minimum atomic E-state index is 0.615. The van der Waals surface area contributed by atoms with Gasteiger partial charge in [0.05, 0.1) is 26.2 Å². The van der Waals surface area contributed by atoms with E-state index in [1.165, 1.54) is 66.8 Å². The molecule has 0 aliphatic carbocycles. The SMILES string of the molecule is C1=NCc2ccc(cc2)-c2cccc(c2)-c2ccc(cc2)CN=Cc2cccc(c2)C=NCc2ccc(cc2)-c2cccc(c2)-c2ccc(cc2)CN=Cc2cccc1c2. The van der Waals surface area contributed by atoms with Gasteiger partial charge in [-0.1, -0.05) is 170 Å². The molecule has 0 aromatic heterocycles. The normalized spacial score (nSPS) is 12.8. The molecule has 0 unspecified atom stereocenters. The molecule has 0 spiro atoms. The van der Waals surface area contributed by atoms with Gasteiger partial charge in [0.2, 0.25) is 0 Å². The third kappa shape index (κ3) is 9.75. The Morgan fingerprint density at radius 3 is 0.700 bits per heavy atom. The summed E-state index contributed by atoms with van der Waals surface area (Å²) in [4.78, 5) is 19.1. The Kier molecular flexibility index (Phi) is 11.6. The molecule has 7 aliphatic heterocycles. The van der Waals surface area contributed by atoms with Crippen LogP contribution >= 0.6 is 0 Å². The van der Waals surface area contributed by atoms with E-state index in [9.17, 15) is 0 Å². The van der Waals surface area contributed by atoms with Crippen molar-refractivity contribution in [2.45, 2.75) is 26.2 Å². The Bertz CT molecular complexity index is 2450. The molecule has 8 aromatic rings. The summed E-state index contributed by atoms with van der Waals surface area (Å²) in [7, 11) is 0. The molecule has 0 amide bonds. The summed E-state index contributed by atoms with van der Waals surface area (Å²) in [6, 6.07) is 69.0. The summed E-state index contributed by atoms with van der Waals surface area (Å²) in [6.45, 7) is 2.46. The number of rotatable bonds is 0. The van der Waals surface area contributed by atoms with Crippen LogP contribution in [0.3, 0.4) is 0 Å². The number of hydrogen-bond donors (Lipinski definition) is 0. The molecule has 0 atom stereocenters. The van der Waals surface area contributed by atoms with Gasteiger partial charge >= 0.3 is 0 Å². The lowest BCUT2D eigenvalue weighted by Crippen LogP contribution is -1.90. The van der Waals surface area contributed by atoms with Gasteiger partial charge in [0.15, 0.2) is 0 Å². The fraction of sp³-hybridized carbons (Fsp3) is 0.0714. The first-order valence-electron chi connectivity index (χ1n) is 20.4. The van der Waals surface area contributed by atoms with Crippen LogP contribution in [0, 0.1) is 0 Å². The summed E-state index contributed by atoms with van der Waals surface area (Å²) in [5.41, 5.74) is 18.4. The molecule has 15 rings (SSSR count). The van der Waals surface area contributed by atoms with E-state index in [1.807, 2.05) is 24.9 Å². The van der Waals surface area contributed by atoms with E-state index in [-0.39, 0.29) is 0 Å². The van der Waals surface area contributed by atoms with Gasteiger partial charge in [-0.2, -0.15) is 0 Å². The van der Waals surface area contributed by atoms with E-state index in [2.05, 4.69) is 194 Å². The highest BCUT2D eigenvalue weighted by Gasteiger charge is 2.06. The zero-order chi connectivity index (χ0) is 40.4. The maximum atomic E-state index is 4.76. The third-order valence-corrected chi connectivity index (χ3v) is 10.8. The first-order valence-corrected chi connectivity index (χ1v) is 20.4. The zero-order valence-electron chi connectivity index (χ0n) is 33.4. The van der Waals surface area contributed by atoms with E-state index in [0.717, 1.165) is 22.3 Å². The van der Waals surface area contributed by atoms with Gasteiger partial charge in [-0.15, -0.1) is 0 Å². The molecule has 0 radical (unpaired) electrons. The molecule has 16 bridgehead atoms. The molecule has 60 heavy (non-hydrogen) atoms. The van der Waals surface area contributed by atoms with Crippen molar-refractivity contribution in [2.24, 2.45) is 20.0 Å². The van der Waals surface area contributed by atoms with Gasteiger partial charge in [-0.3, -0.25) is 20.0 Å². The summed E-state index contributed by atoms with van der Waals surface area (Å²) >= 11 is 0. The van der Waals surface area contributed by atoms with Crippen LogP contribution in [0.1, 0.15) is 44.5 Å². The molecular formula is C56H44N4. The Hall–Kier alpha value is -7.56. The van der Waals surface area contributed by atoms with Gasteiger partial charge in [-0.05, 0) is 113 Å². The predicted octanol–water partition coefficient (Wildman–Crippen LogP) is 13.1. The van der Waals surface area contributed by atoms with Gasteiger partial charge in [-0.25, -0.2) is 0 Å². The molecule has 7 aliphatic rings. The monoisotopic (exact) mass is 772 g/mol. The molecular weight excluding hydrogens is 729 g/mol. The first kappa shape index (κ1) is 38.0. The lowest BCUT2D eigenvalue weighted by atomic mass is 9.98. The number of nitrogens with zero attached hydrogens (tertiary/aromatic N) is 4. The van der Waals surface area contributed by atoms with Crippen LogP contribution in [0.5, 0.6) is 0 Å². The predicted molar refractivity (Wildman–Crippen MR) is 253 cm³/mol. The lowest BCUT2D eigenvalue weighted by molar-refractivity contribution is 1.08. The Morgan fingerprint density at radius 2 is 0.450 bits per heavy atom. The van der Waals surface area contributed by atoms with Crippen LogP contribution in [0.15, 0.2) is 214 Å². The van der Waals surface area contributed by atoms with E-state index in [1.54, 1.807) is 0 Å². The second kappa shape index (κ2) is 18.4. The van der Waals surface area contributed by atoms with Gasteiger partial charge in [0.25, 0.3) is 0 Å². The van der Waals surface area contributed by atoms with Crippen molar-refractivity contribution in [1.82, 2.24) is 0 Å². The molecule has 7 heterocycles. The van der Waals surface area contributed by atoms with Crippen molar-refractivity contribution >= 4 is 24.9 Å². The number of benzene rings is 8. The van der Waals surface area contributed by atoms with Crippen molar-refractivity contribution in [2.75, 3.05) is 0 Å². The minimum absolute atomic E-state index is 0.615. The standard InChI is InChI=1S/C56H44N4/c1-5-45-29-46(6-1)38-58-34-42-15-23-50(24-16-42)54-10-4-12-56(32-54)52-27-19-44(20-28-52)36-60-40-48-8-2-7-47(30-48)39-59-35-43-17-25-51(26-18-43)55-11-3-9-53(31-55)49-21-13-41(14-22-49)33-57-37-45/h1-32,37-40H,33-36H2. The molecule has 4 heteroatoms. The van der Waals surface area contributed by atoms with Crippen LogP contribution in [-0.2, 0) is 26.2 Å². The van der Waals surface area contributed by atoms with Crippen LogP contribution in [-0.4, -0.2) is 24.9 Å². The summed E-state index contributed by atoms with van der Waals surface area (Å²) in [5.74, 6) is 0. The van der Waals surface area contributed by atoms with Gasteiger partial charge in [0, 0.05) is 24.9 Å². The van der Waals surface area contributed by atoms with Crippen LogP contribution in [0.25, 0.3) is 44.5 Å². The first-order chi connectivity index (χ1) is 29.7. The van der Waals surface area contributed by atoms with Gasteiger partial charge < -0.3 is 0 Å². The highest BCUT2D eigenvalue weighted by molar-refractivity contribution is 5.87. The van der Waals surface area contributed by atoms with E-state index >= 15 is 0 Å². The molecule has 0 saturated heterocycles. The van der Waals surface area contributed by atoms with Crippen molar-refractivity contribution in [3.05, 3.63) is 239 Å². The van der Waals surface area contributed by atoms with Crippen molar-refractivity contribution in [3.8, 4) is 44.5 Å². The molecule has 288 valence electrons.